The van der Waals surface area contributed by atoms with E-state index in [9.17, 15) is 5.26 Å². The van der Waals surface area contributed by atoms with E-state index in [4.69, 9.17) is 5.73 Å². The third-order valence-electron chi connectivity index (χ3n) is 4.17. The number of nitriles is 1. The first-order valence-corrected chi connectivity index (χ1v) is 7.22. The number of hydrogen-bond acceptors (Lipinski definition) is 3. The third-order valence-corrected chi connectivity index (χ3v) is 4.17. The molecule has 1 aliphatic rings. The standard InChI is InChI=1S/C16H23N3/c1-19(15-6-4-2-3-5-7-15)16-9-8-13(11-17)10-14(16)12-18/h8-10,15H,2-7,11,17H2,1H3. The fourth-order valence-corrected chi connectivity index (χ4v) is 2.95. The summed E-state index contributed by atoms with van der Waals surface area (Å²) < 4.78 is 0. The molecule has 0 bridgehead atoms. The Morgan fingerprint density at radius 2 is 1.95 bits per heavy atom. The molecule has 3 heteroatoms. The molecule has 0 atom stereocenters. The second-order valence-corrected chi connectivity index (χ2v) is 5.42. The number of hydrogen-bond donors (Lipinski definition) is 1. The molecule has 0 amide bonds. The summed E-state index contributed by atoms with van der Waals surface area (Å²) in [5.41, 5.74) is 8.46. The summed E-state index contributed by atoms with van der Waals surface area (Å²) in [6, 6.07) is 8.87. The Hall–Kier alpha value is -1.53. The molecule has 102 valence electrons. The van der Waals surface area contributed by atoms with Crippen molar-refractivity contribution in [2.24, 2.45) is 5.73 Å². The number of benzene rings is 1. The van der Waals surface area contributed by atoms with Crippen molar-refractivity contribution >= 4 is 5.69 Å². The van der Waals surface area contributed by atoms with Crippen LogP contribution in [0.25, 0.3) is 0 Å². The highest BCUT2D eigenvalue weighted by molar-refractivity contribution is 5.60. The summed E-state index contributed by atoms with van der Waals surface area (Å²) in [5.74, 6) is 0. The van der Waals surface area contributed by atoms with Crippen LogP contribution < -0.4 is 10.6 Å². The van der Waals surface area contributed by atoms with E-state index in [1.54, 1.807) is 0 Å². The van der Waals surface area contributed by atoms with Crippen LogP contribution in [0.2, 0.25) is 0 Å². The molecule has 0 heterocycles. The molecule has 2 rings (SSSR count). The van der Waals surface area contributed by atoms with Gasteiger partial charge in [-0.15, -0.1) is 0 Å². The monoisotopic (exact) mass is 257 g/mol. The van der Waals surface area contributed by atoms with Crippen LogP contribution in [0.15, 0.2) is 18.2 Å². The van der Waals surface area contributed by atoms with Gasteiger partial charge in [-0.25, -0.2) is 0 Å². The average Bonchev–Trinajstić information content (AvgIpc) is 2.74. The highest BCUT2D eigenvalue weighted by Gasteiger charge is 2.19. The van der Waals surface area contributed by atoms with Gasteiger partial charge in [0.15, 0.2) is 0 Å². The van der Waals surface area contributed by atoms with Crippen LogP contribution in [0, 0.1) is 11.3 Å². The van der Waals surface area contributed by atoms with E-state index in [-0.39, 0.29) is 0 Å². The predicted molar refractivity (Wildman–Crippen MR) is 78.9 cm³/mol. The van der Waals surface area contributed by atoms with Crippen molar-refractivity contribution in [1.82, 2.24) is 0 Å². The van der Waals surface area contributed by atoms with Gasteiger partial charge < -0.3 is 10.6 Å². The smallest absolute Gasteiger partial charge is 0.101 e. The third kappa shape index (κ3) is 3.27. The molecule has 1 fully saturated rings. The summed E-state index contributed by atoms with van der Waals surface area (Å²) >= 11 is 0. The summed E-state index contributed by atoms with van der Waals surface area (Å²) in [5, 5.41) is 9.32. The van der Waals surface area contributed by atoms with Gasteiger partial charge in [-0.2, -0.15) is 5.26 Å². The van der Waals surface area contributed by atoms with Crippen LogP contribution in [0.4, 0.5) is 5.69 Å². The number of nitrogens with zero attached hydrogens (tertiary/aromatic N) is 2. The number of nitrogens with two attached hydrogens (primary N) is 1. The number of rotatable bonds is 3. The van der Waals surface area contributed by atoms with Crippen LogP contribution in [-0.4, -0.2) is 13.1 Å². The zero-order valence-corrected chi connectivity index (χ0v) is 11.7. The zero-order chi connectivity index (χ0) is 13.7. The molecular weight excluding hydrogens is 234 g/mol. The number of anilines is 1. The van der Waals surface area contributed by atoms with Gasteiger partial charge in [0.2, 0.25) is 0 Å². The summed E-state index contributed by atoms with van der Waals surface area (Å²) in [6.07, 6.45) is 7.78. The van der Waals surface area contributed by atoms with E-state index in [0.29, 0.717) is 12.6 Å². The fourth-order valence-electron chi connectivity index (χ4n) is 2.95. The molecule has 0 unspecified atom stereocenters. The topological polar surface area (TPSA) is 53.0 Å². The maximum Gasteiger partial charge on any atom is 0.101 e. The second kappa shape index (κ2) is 6.58. The van der Waals surface area contributed by atoms with Crippen LogP contribution >= 0.6 is 0 Å². The Morgan fingerprint density at radius 3 is 2.53 bits per heavy atom. The highest BCUT2D eigenvalue weighted by atomic mass is 15.1. The quantitative estimate of drug-likeness (QED) is 0.846. The minimum Gasteiger partial charge on any atom is -0.371 e. The van der Waals surface area contributed by atoms with Gasteiger partial charge in [-0.05, 0) is 30.5 Å². The van der Waals surface area contributed by atoms with E-state index < -0.39 is 0 Å². The van der Waals surface area contributed by atoms with Gasteiger partial charge in [-0.1, -0.05) is 31.7 Å². The molecule has 1 aromatic rings. The van der Waals surface area contributed by atoms with Crippen LogP contribution in [0.3, 0.4) is 0 Å². The van der Waals surface area contributed by atoms with Crippen molar-refractivity contribution < 1.29 is 0 Å². The van der Waals surface area contributed by atoms with Crippen LogP contribution in [0.5, 0.6) is 0 Å². The van der Waals surface area contributed by atoms with Gasteiger partial charge >= 0.3 is 0 Å². The van der Waals surface area contributed by atoms with E-state index in [1.807, 2.05) is 18.2 Å². The summed E-state index contributed by atoms with van der Waals surface area (Å²) in [6.45, 7) is 0.488. The van der Waals surface area contributed by atoms with Crippen molar-refractivity contribution in [3.63, 3.8) is 0 Å². The largest absolute Gasteiger partial charge is 0.371 e. The molecule has 0 saturated heterocycles. The lowest BCUT2D eigenvalue weighted by Gasteiger charge is -2.30. The lowest BCUT2D eigenvalue weighted by molar-refractivity contribution is 0.553. The van der Waals surface area contributed by atoms with Crippen molar-refractivity contribution in [1.29, 1.82) is 5.26 Å². The molecular formula is C16H23N3. The minimum absolute atomic E-state index is 0.488. The molecule has 19 heavy (non-hydrogen) atoms. The summed E-state index contributed by atoms with van der Waals surface area (Å²) in [4.78, 5) is 2.30. The first-order valence-electron chi connectivity index (χ1n) is 7.22. The maximum absolute atomic E-state index is 9.32. The van der Waals surface area contributed by atoms with Gasteiger partial charge in [0.05, 0.1) is 11.3 Å². The molecule has 1 aromatic carbocycles. The molecule has 1 saturated carbocycles. The lowest BCUT2D eigenvalue weighted by Crippen LogP contribution is -2.31. The van der Waals surface area contributed by atoms with Crippen molar-refractivity contribution in [2.75, 3.05) is 11.9 Å². The molecule has 0 aliphatic heterocycles. The van der Waals surface area contributed by atoms with Gasteiger partial charge in [0, 0.05) is 19.6 Å². The lowest BCUT2D eigenvalue weighted by atomic mass is 10.0. The van der Waals surface area contributed by atoms with E-state index >= 15 is 0 Å². The van der Waals surface area contributed by atoms with Gasteiger partial charge in [-0.3, -0.25) is 0 Å². The van der Waals surface area contributed by atoms with Crippen molar-refractivity contribution in [3.8, 4) is 6.07 Å². The second-order valence-electron chi connectivity index (χ2n) is 5.42. The van der Waals surface area contributed by atoms with Gasteiger partial charge in [0.1, 0.15) is 6.07 Å². The zero-order valence-electron chi connectivity index (χ0n) is 11.7. The fraction of sp³-hybridized carbons (Fsp3) is 0.562. The van der Waals surface area contributed by atoms with Crippen LogP contribution in [0.1, 0.15) is 49.7 Å². The molecule has 0 aromatic heterocycles. The Balaban J connectivity index is 2.22. The van der Waals surface area contributed by atoms with Crippen LogP contribution in [-0.2, 0) is 6.54 Å². The first-order chi connectivity index (χ1) is 9.26. The Morgan fingerprint density at radius 1 is 1.26 bits per heavy atom. The molecule has 1 aliphatic carbocycles. The van der Waals surface area contributed by atoms with Gasteiger partial charge in [0.25, 0.3) is 0 Å². The van der Waals surface area contributed by atoms with E-state index in [1.165, 1.54) is 38.5 Å². The predicted octanol–water partition coefficient (Wildman–Crippen LogP) is 3.18. The first kappa shape index (κ1) is 13.9. The SMILES string of the molecule is CN(c1ccc(CN)cc1C#N)C1CCCCCC1. The minimum atomic E-state index is 0.488. The summed E-state index contributed by atoms with van der Waals surface area (Å²) in [7, 11) is 2.12. The van der Waals surface area contributed by atoms with E-state index in [0.717, 1.165) is 16.8 Å². The van der Waals surface area contributed by atoms with Crippen molar-refractivity contribution in [2.45, 2.75) is 51.1 Å². The maximum atomic E-state index is 9.32. The Kier molecular flexibility index (Phi) is 4.81. The normalized spacial score (nSPS) is 16.7. The van der Waals surface area contributed by atoms with Crippen molar-refractivity contribution in [3.05, 3.63) is 29.3 Å². The Bertz CT molecular complexity index is 454. The van der Waals surface area contributed by atoms with E-state index in [2.05, 4.69) is 18.0 Å². The Labute approximate surface area is 116 Å². The highest BCUT2D eigenvalue weighted by Crippen LogP contribution is 2.28. The average molecular weight is 257 g/mol. The molecule has 3 nitrogen and oxygen atoms in total. The molecule has 2 N–H and O–H groups in total. The molecule has 0 spiro atoms. The molecule has 0 radical (unpaired) electrons.